The van der Waals surface area contributed by atoms with Crippen molar-refractivity contribution in [1.29, 1.82) is 0 Å². The molecule has 0 radical (unpaired) electrons. The van der Waals surface area contributed by atoms with E-state index in [0.717, 1.165) is 22.3 Å². The first-order valence-electron chi connectivity index (χ1n) is 9.81. The minimum Gasteiger partial charge on any atom is -0.465 e. The van der Waals surface area contributed by atoms with Crippen LogP contribution in [0.15, 0.2) is 48.5 Å². The predicted octanol–water partition coefficient (Wildman–Crippen LogP) is 5.90. The number of hydrogen-bond donors (Lipinski definition) is 0. The van der Waals surface area contributed by atoms with Crippen LogP contribution < -0.4 is 4.74 Å². The maximum atomic E-state index is 12.6. The van der Waals surface area contributed by atoms with E-state index in [1.165, 1.54) is 23.8 Å². The largest absolute Gasteiger partial charge is 0.465 e. The summed E-state index contributed by atoms with van der Waals surface area (Å²) in [7, 11) is 1.32. The van der Waals surface area contributed by atoms with Gasteiger partial charge in [0, 0.05) is 0 Å². The summed E-state index contributed by atoms with van der Waals surface area (Å²) >= 11 is 0. The van der Waals surface area contributed by atoms with Crippen molar-refractivity contribution in [3.63, 3.8) is 0 Å². The van der Waals surface area contributed by atoms with E-state index in [2.05, 4.69) is 37.6 Å². The first kappa shape index (κ1) is 21.3. The molecule has 0 saturated carbocycles. The molecule has 0 N–H and O–H groups in total. The first-order valence-corrected chi connectivity index (χ1v) is 9.81. The molecule has 3 aromatic carbocycles. The van der Waals surface area contributed by atoms with Crippen LogP contribution in [0.1, 0.15) is 48.5 Å². The van der Waals surface area contributed by atoms with Gasteiger partial charge in [-0.25, -0.2) is 9.59 Å². The Morgan fingerprint density at radius 3 is 1.47 bits per heavy atom. The van der Waals surface area contributed by atoms with Crippen molar-refractivity contribution < 1.29 is 19.1 Å². The highest BCUT2D eigenvalue weighted by Gasteiger charge is 2.15. The minimum atomic E-state index is -0.465. The van der Waals surface area contributed by atoms with Gasteiger partial charge in [0.05, 0.1) is 18.2 Å². The lowest BCUT2D eigenvalue weighted by molar-refractivity contribution is 0.0599. The lowest BCUT2D eigenvalue weighted by Crippen LogP contribution is -2.11. The Labute approximate surface area is 177 Å². The molecule has 0 amide bonds. The molecule has 0 heterocycles. The Morgan fingerprint density at radius 2 is 1.03 bits per heavy atom. The van der Waals surface area contributed by atoms with Crippen LogP contribution in [0.4, 0.5) is 0 Å². The molecule has 0 aliphatic carbocycles. The standard InChI is InChI=1S/C26H26O4/c1-15-11-22(12-16(2)19(15)5)23-13-17(3)24(18(4)14-23)30-26(28)21-9-7-20(8-10-21)25(27)29-6/h7-14H,1-6H3. The summed E-state index contributed by atoms with van der Waals surface area (Å²) in [6, 6.07) is 14.7. The molecular formula is C26H26O4. The Balaban J connectivity index is 1.87. The Hall–Kier alpha value is -3.40. The third-order valence-electron chi connectivity index (χ3n) is 5.46. The zero-order valence-corrected chi connectivity index (χ0v) is 18.3. The predicted molar refractivity (Wildman–Crippen MR) is 118 cm³/mol. The van der Waals surface area contributed by atoms with Crippen LogP contribution in [0.25, 0.3) is 11.1 Å². The average Bonchev–Trinajstić information content (AvgIpc) is 2.73. The van der Waals surface area contributed by atoms with Gasteiger partial charge in [0.2, 0.25) is 0 Å². The number of esters is 2. The smallest absolute Gasteiger partial charge is 0.343 e. The molecule has 0 bridgehead atoms. The number of hydrogen-bond acceptors (Lipinski definition) is 4. The molecular weight excluding hydrogens is 376 g/mol. The molecule has 0 aliphatic rings. The van der Waals surface area contributed by atoms with Gasteiger partial charge in [0.25, 0.3) is 0 Å². The van der Waals surface area contributed by atoms with Crippen LogP contribution in [-0.2, 0) is 4.74 Å². The molecule has 30 heavy (non-hydrogen) atoms. The molecule has 4 heteroatoms. The summed E-state index contributed by atoms with van der Waals surface area (Å²) < 4.78 is 10.4. The van der Waals surface area contributed by atoms with Gasteiger partial charge in [-0.05, 0) is 110 Å². The van der Waals surface area contributed by atoms with Crippen LogP contribution in [0.2, 0.25) is 0 Å². The quantitative estimate of drug-likeness (QED) is 0.403. The lowest BCUT2D eigenvalue weighted by Gasteiger charge is -2.15. The average molecular weight is 402 g/mol. The normalized spacial score (nSPS) is 10.6. The Bertz CT molecular complexity index is 1080. The third kappa shape index (κ3) is 4.28. The molecule has 0 atom stereocenters. The van der Waals surface area contributed by atoms with Crippen molar-refractivity contribution >= 4 is 11.9 Å². The zero-order valence-electron chi connectivity index (χ0n) is 18.3. The number of rotatable bonds is 4. The van der Waals surface area contributed by atoms with Gasteiger partial charge in [-0.3, -0.25) is 0 Å². The number of methoxy groups -OCH3 is 1. The van der Waals surface area contributed by atoms with Gasteiger partial charge >= 0.3 is 11.9 Å². The van der Waals surface area contributed by atoms with Gasteiger partial charge in [0.1, 0.15) is 5.75 Å². The van der Waals surface area contributed by atoms with E-state index in [0.29, 0.717) is 16.9 Å². The summed E-state index contributed by atoms with van der Waals surface area (Å²) in [6.45, 7) is 10.2. The Kier molecular flexibility index (Phi) is 6.06. The monoisotopic (exact) mass is 402 g/mol. The molecule has 0 saturated heterocycles. The van der Waals surface area contributed by atoms with Crippen LogP contribution >= 0.6 is 0 Å². The van der Waals surface area contributed by atoms with Crippen LogP contribution in [-0.4, -0.2) is 19.0 Å². The van der Waals surface area contributed by atoms with Crippen LogP contribution in [0, 0.1) is 34.6 Å². The van der Waals surface area contributed by atoms with Crippen LogP contribution in [0.5, 0.6) is 5.75 Å². The number of ether oxygens (including phenoxy) is 2. The van der Waals surface area contributed by atoms with Crippen molar-refractivity contribution in [1.82, 2.24) is 0 Å². The second-order valence-corrected chi connectivity index (χ2v) is 7.63. The summed E-state index contributed by atoms with van der Waals surface area (Å²) in [4.78, 5) is 24.2. The van der Waals surface area contributed by atoms with Crippen molar-refractivity contribution in [3.8, 4) is 16.9 Å². The van der Waals surface area contributed by atoms with E-state index in [1.807, 2.05) is 26.0 Å². The van der Waals surface area contributed by atoms with E-state index in [9.17, 15) is 9.59 Å². The van der Waals surface area contributed by atoms with E-state index in [-0.39, 0.29) is 0 Å². The van der Waals surface area contributed by atoms with Gasteiger partial charge in [-0.2, -0.15) is 0 Å². The maximum Gasteiger partial charge on any atom is 0.343 e. The third-order valence-corrected chi connectivity index (χ3v) is 5.46. The molecule has 0 fully saturated rings. The number of benzene rings is 3. The maximum absolute atomic E-state index is 12.6. The molecule has 0 aromatic heterocycles. The molecule has 3 aromatic rings. The SMILES string of the molecule is COC(=O)c1ccc(C(=O)Oc2c(C)cc(-c3cc(C)c(C)c(C)c3)cc2C)cc1. The van der Waals surface area contributed by atoms with Gasteiger partial charge in [-0.1, -0.05) is 12.1 Å². The highest BCUT2D eigenvalue weighted by molar-refractivity contribution is 5.94. The number of aryl methyl sites for hydroxylation is 4. The highest BCUT2D eigenvalue weighted by atomic mass is 16.5. The molecule has 0 aliphatic heterocycles. The van der Waals surface area contributed by atoms with Gasteiger partial charge in [-0.15, -0.1) is 0 Å². The summed E-state index contributed by atoms with van der Waals surface area (Å²) in [5.41, 5.74) is 8.59. The second-order valence-electron chi connectivity index (χ2n) is 7.63. The molecule has 3 rings (SSSR count). The van der Waals surface area contributed by atoms with E-state index >= 15 is 0 Å². The fourth-order valence-corrected chi connectivity index (χ4v) is 3.49. The van der Waals surface area contributed by atoms with Crippen molar-refractivity contribution in [3.05, 3.63) is 87.5 Å². The van der Waals surface area contributed by atoms with E-state index < -0.39 is 11.9 Å². The highest BCUT2D eigenvalue weighted by Crippen LogP contribution is 2.32. The number of carbonyl (C=O) groups excluding carboxylic acids is 2. The van der Waals surface area contributed by atoms with E-state index in [4.69, 9.17) is 4.74 Å². The zero-order chi connectivity index (χ0) is 22.0. The fraction of sp³-hybridized carbons (Fsp3) is 0.231. The Morgan fingerprint density at radius 1 is 0.633 bits per heavy atom. The molecule has 0 unspecified atom stereocenters. The van der Waals surface area contributed by atoms with Crippen LogP contribution in [0.3, 0.4) is 0 Å². The first-order chi connectivity index (χ1) is 14.2. The summed E-state index contributed by atoms with van der Waals surface area (Å²) in [5.74, 6) is -0.354. The fourth-order valence-electron chi connectivity index (χ4n) is 3.49. The summed E-state index contributed by atoms with van der Waals surface area (Å²) in [6.07, 6.45) is 0. The van der Waals surface area contributed by atoms with Gasteiger partial charge < -0.3 is 9.47 Å². The van der Waals surface area contributed by atoms with Gasteiger partial charge in [0.15, 0.2) is 0 Å². The topological polar surface area (TPSA) is 52.6 Å². The van der Waals surface area contributed by atoms with Crippen molar-refractivity contribution in [2.24, 2.45) is 0 Å². The molecule has 0 spiro atoms. The second kappa shape index (κ2) is 8.54. The van der Waals surface area contributed by atoms with E-state index in [1.54, 1.807) is 24.3 Å². The lowest BCUT2D eigenvalue weighted by atomic mass is 9.94. The number of carbonyl (C=O) groups is 2. The van der Waals surface area contributed by atoms with Crippen molar-refractivity contribution in [2.45, 2.75) is 34.6 Å². The molecule has 154 valence electrons. The van der Waals surface area contributed by atoms with Crippen molar-refractivity contribution in [2.75, 3.05) is 7.11 Å². The summed E-state index contributed by atoms with van der Waals surface area (Å²) in [5, 5.41) is 0. The molecule has 4 nitrogen and oxygen atoms in total. The minimum absolute atomic E-state index is 0.371.